The van der Waals surface area contributed by atoms with E-state index < -0.39 is 31.1 Å². The fraction of sp³-hybridized carbons (Fsp3) is 0.412. The largest absolute Gasteiger partial charge is 0.482 e. The first-order chi connectivity index (χ1) is 11.8. The zero-order valence-corrected chi connectivity index (χ0v) is 14.5. The number of carbonyl (C=O) groups excluding carboxylic acids is 4. The fourth-order valence-electron chi connectivity index (χ4n) is 1.66. The van der Waals surface area contributed by atoms with Gasteiger partial charge in [0, 0.05) is 11.6 Å². The summed E-state index contributed by atoms with van der Waals surface area (Å²) in [6.07, 6.45) is 0.721. The summed E-state index contributed by atoms with van der Waals surface area (Å²) in [5.41, 5.74) is 0.456. The molecule has 0 spiro atoms. The first-order valence-electron chi connectivity index (χ1n) is 7.81. The number of ether oxygens (including phenoxy) is 2. The first-order valence-corrected chi connectivity index (χ1v) is 7.81. The maximum Gasteiger partial charge on any atom is 0.344 e. The molecule has 8 nitrogen and oxygen atoms in total. The third kappa shape index (κ3) is 7.96. The first kappa shape index (κ1) is 20.1. The fourth-order valence-corrected chi connectivity index (χ4v) is 1.66. The molecule has 25 heavy (non-hydrogen) atoms. The Kier molecular flexibility index (Phi) is 8.11. The van der Waals surface area contributed by atoms with Crippen LogP contribution in [-0.4, -0.2) is 42.9 Å². The molecule has 0 heterocycles. The lowest BCUT2D eigenvalue weighted by Gasteiger charge is -2.12. The molecule has 3 amide bonds. The Labute approximate surface area is 145 Å². The number of benzene rings is 1. The summed E-state index contributed by atoms with van der Waals surface area (Å²) in [5.74, 6) is -1.30. The van der Waals surface area contributed by atoms with Gasteiger partial charge in [-0.25, -0.2) is 9.59 Å². The van der Waals surface area contributed by atoms with Crippen LogP contribution in [-0.2, 0) is 14.3 Å². The Morgan fingerprint density at radius 2 is 1.88 bits per heavy atom. The summed E-state index contributed by atoms with van der Waals surface area (Å²) in [7, 11) is 0. The van der Waals surface area contributed by atoms with E-state index in [9.17, 15) is 19.2 Å². The number of rotatable bonds is 8. The van der Waals surface area contributed by atoms with Crippen LogP contribution in [0, 0.1) is 0 Å². The van der Waals surface area contributed by atoms with Crippen LogP contribution in [0.2, 0.25) is 0 Å². The number of Topliss-reactive ketones (excluding diaryl/α,β-unsaturated/α-hetero) is 1. The normalized spacial score (nSPS) is 11.2. The van der Waals surface area contributed by atoms with E-state index in [2.05, 4.69) is 5.32 Å². The van der Waals surface area contributed by atoms with Crippen LogP contribution in [0.5, 0.6) is 5.75 Å². The van der Waals surface area contributed by atoms with E-state index in [1.807, 2.05) is 12.2 Å². The van der Waals surface area contributed by atoms with Crippen LogP contribution < -0.4 is 15.4 Å². The number of amides is 3. The van der Waals surface area contributed by atoms with Gasteiger partial charge < -0.3 is 14.8 Å². The Hall–Kier alpha value is -2.90. The summed E-state index contributed by atoms with van der Waals surface area (Å²) in [6.45, 7) is 4.09. The number of imide groups is 1. The lowest BCUT2D eigenvalue weighted by Crippen LogP contribution is -2.44. The molecule has 8 heteroatoms. The molecule has 1 atom stereocenters. The van der Waals surface area contributed by atoms with Gasteiger partial charge in [-0.15, -0.1) is 0 Å². The van der Waals surface area contributed by atoms with E-state index >= 15 is 0 Å². The standard InChI is InChI=1S/C17H22N2O6/c1-4-11(2)18-17(23)19-15(21)9-25-16(22)10-24-14-7-5-6-13(8-14)12(3)20/h5-8,11H,4,9-10H2,1-3H3,(H2,18,19,21,23)/t11-/m1/s1. The zero-order valence-electron chi connectivity index (χ0n) is 14.5. The second kappa shape index (κ2) is 10.1. The molecule has 2 N–H and O–H groups in total. The van der Waals surface area contributed by atoms with Gasteiger partial charge in [-0.3, -0.25) is 14.9 Å². The van der Waals surface area contributed by atoms with Gasteiger partial charge in [0.2, 0.25) is 0 Å². The summed E-state index contributed by atoms with van der Waals surface area (Å²) in [6, 6.07) is 5.62. The zero-order chi connectivity index (χ0) is 18.8. The molecule has 0 aliphatic rings. The van der Waals surface area contributed by atoms with Gasteiger partial charge in [0.15, 0.2) is 19.0 Å². The van der Waals surface area contributed by atoms with Gasteiger partial charge in [-0.2, -0.15) is 0 Å². The summed E-state index contributed by atoms with van der Waals surface area (Å²) >= 11 is 0. The second-order valence-corrected chi connectivity index (χ2v) is 5.36. The number of urea groups is 1. The monoisotopic (exact) mass is 350 g/mol. The average molecular weight is 350 g/mol. The molecule has 136 valence electrons. The van der Waals surface area contributed by atoms with Crippen molar-refractivity contribution >= 4 is 23.7 Å². The Balaban J connectivity index is 2.33. The van der Waals surface area contributed by atoms with Gasteiger partial charge in [-0.05, 0) is 32.4 Å². The third-order valence-electron chi connectivity index (χ3n) is 3.20. The average Bonchev–Trinajstić information content (AvgIpc) is 2.58. The highest BCUT2D eigenvalue weighted by Gasteiger charge is 2.13. The van der Waals surface area contributed by atoms with Crippen molar-refractivity contribution in [1.29, 1.82) is 0 Å². The van der Waals surface area contributed by atoms with E-state index in [0.29, 0.717) is 11.3 Å². The van der Waals surface area contributed by atoms with Gasteiger partial charge in [0.1, 0.15) is 5.75 Å². The van der Waals surface area contributed by atoms with Crippen LogP contribution in [0.3, 0.4) is 0 Å². The van der Waals surface area contributed by atoms with Crippen LogP contribution in [0.25, 0.3) is 0 Å². The van der Waals surface area contributed by atoms with Crippen molar-refractivity contribution in [3.63, 3.8) is 0 Å². The van der Waals surface area contributed by atoms with Crippen molar-refractivity contribution in [2.24, 2.45) is 0 Å². The molecule has 0 fully saturated rings. The van der Waals surface area contributed by atoms with Gasteiger partial charge >= 0.3 is 12.0 Å². The highest BCUT2D eigenvalue weighted by atomic mass is 16.6. The van der Waals surface area contributed by atoms with Crippen molar-refractivity contribution in [1.82, 2.24) is 10.6 Å². The van der Waals surface area contributed by atoms with Crippen LogP contribution in [0.15, 0.2) is 24.3 Å². The third-order valence-corrected chi connectivity index (χ3v) is 3.20. The molecule has 0 unspecified atom stereocenters. The van der Waals surface area contributed by atoms with Gasteiger partial charge in [-0.1, -0.05) is 19.1 Å². The lowest BCUT2D eigenvalue weighted by atomic mass is 10.1. The number of nitrogens with one attached hydrogen (secondary N) is 2. The Morgan fingerprint density at radius 3 is 2.52 bits per heavy atom. The van der Waals surface area contributed by atoms with E-state index in [1.165, 1.54) is 13.0 Å². The van der Waals surface area contributed by atoms with Gasteiger partial charge in [0.05, 0.1) is 0 Å². The molecule has 0 saturated heterocycles. The van der Waals surface area contributed by atoms with Crippen molar-refractivity contribution in [2.75, 3.05) is 13.2 Å². The van der Waals surface area contributed by atoms with Crippen molar-refractivity contribution in [3.05, 3.63) is 29.8 Å². The number of hydrogen-bond donors (Lipinski definition) is 2. The lowest BCUT2D eigenvalue weighted by molar-refractivity contribution is -0.150. The number of ketones is 1. The highest BCUT2D eigenvalue weighted by Crippen LogP contribution is 2.13. The maximum atomic E-state index is 11.6. The van der Waals surface area contributed by atoms with Crippen molar-refractivity contribution in [2.45, 2.75) is 33.2 Å². The van der Waals surface area contributed by atoms with E-state index in [4.69, 9.17) is 9.47 Å². The Bertz CT molecular complexity index is 644. The number of hydrogen-bond acceptors (Lipinski definition) is 6. The molecule has 1 aromatic carbocycles. The van der Waals surface area contributed by atoms with Gasteiger partial charge in [0.25, 0.3) is 5.91 Å². The molecule has 1 aromatic rings. The van der Waals surface area contributed by atoms with Crippen LogP contribution in [0.1, 0.15) is 37.6 Å². The SMILES string of the molecule is CC[C@@H](C)NC(=O)NC(=O)COC(=O)COc1cccc(C(C)=O)c1. The molecule has 0 aromatic heterocycles. The van der Waals surface area contributed by atoms with Crippen molar-refractivity contribution < 1.29 is 28.7 Å². The molecule has 0 saturated carbocycles. The van der Waals surface area contributed by atoms with Crippen LogP contribution >= 0.6 is 0 Å². The maximum absolute atomic E-state index is 11.6. The number of esters is 1. The molecule has 0 aliphatic carbocycles. The smallest absolute Gasteiger partial charge is 0.344 e. The van der Waals surface area contributed by atoms with E-state index in [-0.39, 0.29) is 11.8 Å². The minimum atomic E-state index is -0.772. The van der Waals surface area contributed by atoms with Crippen molar-refractivity contribution in [3.8, 4) is 5.75 Å². The molecular weight excluding hydrogens is 328 g/mol. The topological polar surface area (TPSA) is 111 Å². The molecule has 0 radical (unpaired) electrons. The molecule has 1 rings (SSSR count). The predicted molar refractivity (Wildman–Crippen MR) is 89.3 cm³/mol. The summed E-state index contributed by atoms with van der Waals surface area (Å²) < 4.78 is 9.91. The molecule has 0 bridgehead atoms. The minimum Gasteiger partial charge on any atom is -0.482 e. The quantitative estimate of drug-likeness (QED) is 0.542. The summed E-state index contributed by atoms with van der Waals surface area (Å²) in [5, 5.41) is 4.60. The Morgan fingerprint density at radius 1 is 1.16 bits per heavy atom. The summed E-state index contributed by atoms with van der Waals surface area (Å²) in [4.78, 5) is 45.7. The molecular formula is C17H22N2O6. The number of carbonyl (C=O) groups is 4. The second-order valence-electron chi connectivity index (χ2n) is 5.36. The van der Waals surface area contributed by atoms with E-state index in [1.54, 1.807) is 25.1 Å². The predicted octanol–water partition coefficient (Wildman–Crippen LogP) is 1.44. The highest BCUT2D eigenvalue weighted by molar-refractivity contribution is 5.95. The van der Waals surface area contributed by atoms with Crippen LogP contribution in [0.4, 0.5) is 4.79 Å². The molecule has 0 aliphatic heterocycles. The van der Waals surface area contributed by atoms with E-state index in [0.717, 1.165) is 6.42 Å². The minimum absolute atomic E-state index is 0.0745.